The molecule has 0 saturated carbocycles. The van der Waals surface area contributed by atoms with E-state index in [1.165, 1.54) is 30.3 Å². The van der Waals surface area contributed by atoms with Gasteiger partial charge < -0.3 is 4.74 Å². The van der Waals surface area contributed by atoms with Gasteiger partial charge in [0.05, 0.1) is 4.92 Å². The SMILES string of the molecule is CC(C)(Oc1ccc([N+](=O)[O-])cc1)c1ccc(F)cc1F. The second-order valence-corrected chi connectivity index (χ2v) is 4.99. The molecule has 2 aromatic carbocycles. The third-order valence-corrected chi connectivity index (χ3v) is 3.00. The zero-order chi connectivity index (χ0) is 15.6. The largest absolute Gasteiger partial charge is 0.483 e. The number of hydrogen-bond donors (Lipinski definition) is 0. The molecule has 0 aliphatic rings. The molecule has 0 aromatic heterocycles. The minimum atomic E-state index is -1.05. The predicted octanol–water partition coefficient (Wildman–Crippen LogP) is 4.19. The normalized spacial score (nSPS) is 11.2. The Labute approximate surface area is 120 Å². The van der Waals surface area contributed by atoms with Crippen molar-refractivity contribution in [1.29, 1.82) is 0 Å². The molecule has 0 fully saturated rings. The highest BCUT2D eigenvalue weighted by Crippen LogP contribution is 2.30. The number of halogens is 2. The van der Waals surface area contributed by atoms with Gasteiger partial charge in [0.25, 0.3) is 5.69 Å². The van der Waals surface area contributed by atoms with Crippen molar-refractivity contribution < 1.29 is 18.4 Å². The van der Waals surface area contributed by atoms with E-state index in [-0.39, 0.29) is 11.3 Å². The number of non-ortho nitro benzene ring substituents is 1. The van der Waals surface area contributed by atoms with Gasteiger partial charge >= 0.3 is 0 Å². The van der Waals surface area contributed by atoms with Gasteiger partial charge in [-0.15, -0.1) is 0 Å². The van der Waals surface area contributed by atoms with Crippen molar-refractivity contribution in [1.82, 2.24) is 0 Å². The Morgan fingerprint density at radius 1 is 1.10 bits per heavy atom. The van der Waals surface area contributed by atoms with Gasteiger partial charge in [-0.25, -0.2) is 8.78 Å². The number of ether oxygens (including phenoxy) is 1. The molecule has 0 unspecified atom stereocenters. The molecule has 0 aliphatic carbocycles. The molecule has 2 rings (SSSR count). The van der Waals surface area contributed by atoms with Crippen molar-refractivity contribution in [2.45, 2.75) is 19.4 Å². The van der Waals surface area contributed by atoms with E-state index in [2.05, 4.69) is 0 Å². The molecular formula is C15H13F2NO3. The average molecular weight is 293 g/mol. The van der Waals surface area contributed by atoms with Gasteiger partial charge in [0, 0.05) is 23.8 Å². The van der Waals surface area contributed by atoms with E-state index in [4.69, 9.17) is 4.74 Å². The lowest BCUT2D eigenvalue weighted by Gasteiger charge is -2.27. The van der Waals surface area contributed by atoms with Crippen molar-refractivity contribution in [3.63, 3.8) is 0 Å². The zero-order valence-electron chi connectivity index (χ0n) is 11.5. The summed E-state index contributed by atoms with van der Waals surface area (Å²) in [5.41, 5.74) is -0.913. The van der Waals surface area contributed by atoms with Crippen LogP contribution in [0, 0.1) is 21.7 Å². The van der Waals surface area contributed by atoms with Crippen LogP contribution in [0.5, 0.6) is 5.75 Å². The predicted molar refractivity (Wildman–Crippen MR) is 73.1 cm³/mol. The number of rotatable bonds is 4. The first-order valence-electron chi connectivity index (χ1n) is 6.18. The topological polar surface area (TPSA) is 52.4 Å². The molecule has 6 heteroatoms. The summed E-state index contributed by atoms with van der Waals surface area (Å²) in [6, 6.07) is 8.72. The van der Waals surface area contributed by atoms with E-state index in [0.717, 1.165) is 12.1 Å². The van der Waals surface area contributed by atoms with E-state index in [9.17, 15) is 18.9 Å². The quantitative estimate of drug-likeness (QED) is 0.627. The van der Waals surface area contributed by atoms with E-state index in [1.807, 2.05) is 0 Å². The van der Waals surface area contributed by atoms with Crippen molar-refractivity contribution in [3.8, 4) is 5.75 Å². The van der Waals surface area contributed by atoms with E-state index < -0.39 is 22.2 Å². The lowest BCUT2D eigenvalue weighted by Crippen LogP contribution is -2.26. The highest BCUT2D eigenvalue weighted by atomic mass is 19.1. The maximum atomic E-state index is 13.8. The standard InChI is InChI=1S/C15H13F2NO3/c1-15(2,13-8-3-10(16)9-14(13)17)21-12-6-4-11(5-7-12)18(19)20/h3-9H,1-2H3. The zero-order valence-corrected chi connectivity index (χ0v) is 11.5. The average Bonchev–Trinajstić information content (AvgIpc) is 2.38. The van der Waals surface area contributed by atoms with Gasteiger partial charge in [0.2, 0.25) is 0 Å². The van der Waals surface area contributed by atoms with Crippen molar-refractivity contribution in [3.05, 3.63) is 69.8 Å². The van der Waals surface area contributed by atoms with Crippen LogP contribution in [0.1, 0.15) is 19.4 Å². The van der Waals surface area contributed by atoms with Gasteiger partial charge in [-0.05, 0) is 38.1 Å². The van der Waals surface area contributed by atoms with Gasteiger partial charge in [0.15, 0.2) is 0 Å². The maximum Gasteiger partial charge on any atom is 0.269 e. The third kappa shape index (κ3) is 3.34. The number of benzene rings is 2. The summed E-state index contributed by atoms with van der Waals surface area (Å²) in [4.78, 5) is 10.1. The Bertz CT molecular complexity index is 669. The minimum absolute atomic E-state index is 0.0619. The summed E-state index contributed by atoms with van der Waals surface area (Å²) in [5.74, 6) is -1.02. The van der Waals surface area contributed by atoms with Crippen LogP contribution >= 0.6 is 0 Å². The summed E-state index contributed by atoms with van der Waals surface area (Å²) in [7, 11) is 0. The molecule has 0 N–H and O–H groups in total. The molecule has 0 spiro atoms. The monoisotopic (exact) mass is 293 g/mol. The Kier molecular flexibility index (Phi) is 3.88. The molecule has 0 amide bonds. The Balaban J connectivity index is 2.25. The van der Waals surface area contributed by atoms with Crippen LogP contribution < -0.4 is 4.74 Å². The van der Waals surface area contributed by atoms with E-state index in [0.29, 0.717) is 5.75 Å². The number of nitro groups is 1. The molecule has 0 aliphatic heterocycles. The van der Waals surface area contributed by atoms with Crippen LogP contribution in [0.25, 0.3) is 0 Å². The molecule has 2 aromatic rings. The molecule has 4 nitrogen and oxygen atoms in total. The summed E-state index contributed by atoms with van der Waals surface area (Å²) in [5, 5.41) is 10.6. The van der Waals surface area contributed by atoms with Crippen LogP contribution in [0.15, 0.2) is 42.5 Å². The smallest absolute Gasteiger partial charge is 0.269 e. The maximum absolute atomic E-state index is 13.8. The van der Waals surface area contributed by atoms with Gasteiger partial charge in [-0.1, -0.05) is 0 Å². The van der Waals surface area contributed by atoms with E-state index >= 15 is 0 Å². The summed E-state index contributed by atoms with van der Waals surface area (Å²) < 4.78 is 32.4. The van der Waals surface area contributed by atoms with Crippen LogP contribution in [-0.4, -0.2) is 4.92 Å². The molecule has 0 bridgehead atoms. The third-order valence-electron chi connectivity index (χ3n) is 3.00. The first-order chi connectivity index (χ1) is 9.79. The number of nitro benzene ring substituents is 1. The minimum Gasteiger partial charge on any atom is -0.483 e. The first-order valence-corrected chi connectivity index (χ1v) is 6.18. The molecule has 0 atom stereocenters. The van der Waals surface area contributed by atoms with E-state index in [1.54, 1.807) is 13.8 Å². The first kappa shape index (κ1) is 14.9. The van der Waals surface area contributed by atoms with Crippen LogP contribution in [0.2, 0.25) is 0 Å². The van der Waals surface area contributed by atoms with Crippen LogP contribution in [0.3, 0.4) is 0 Å². The Morgan fingerprint density at radius 3 is 2.24 bits per heavy atom. The molecule has 0 radical (unpaired) electrons. The lowest BCUT2D eigenvalue weighted by atomic mass is 9.97. The molecule has 21 heavy (non-hydrogen) atoms. The summed E-state index contributed by atoms with van der Waals surface area (Å²) >= 11 is 0. The van der Waals surface area contributed by atoms with Crippen LogP contribution in [-0.2, 0) is 5.60 Å². The van der Waals surface area contributed by atoms with Crippen molar-refractivity contribution >= 4 is 5.69 Å². The Hall–Kier alpha value is -2.50. The fraction of sp³-hybridized carbons (Fsp3) is 0.200. The molecule has 0 saturated heterocycles. The van der Waals surface area contributed by atoms with Crippen molar-refractivity contribution in [2.75, 3.05) is 0 Å². The summed E-state index contributed by atoms with van der Waals surface area (Å²) in [6.07, 6.45) is 0. The molecule has 0 heterocycles. The lowest BCUT2D eigenvalue weighted by molar-refractivity contribution is -0.384. The van der Waals surface area contributed by atoms with Gasteiger partial charge in [-0.3, -0.25) is 10.1 Å². The van der Waals surface area contributed by atoms with Gasteiger partial charge in [0.1, 0.15) is 23.0 Å². The second-order valence-electron chi connectivity index (χ2n) is 4.99. The summed E-state index contributed by atoms with van der Waals surface area (Å²) in [6.45, 7) is 3.26. The highest BCUT2D eigenvalue weighted by Gasteiger charge is 2.26. The number of nitrogens with zero attached hydrogens (tertiary/aromatic N) is 1. The number of hydrogen-bond acceptors (Lipinski definition) is 3. The fourth-order valence-electron chi connectivity index (χ4n) is 1.96. The Morgan fingerprint density at radius 2 is 1.71 bits per heavy atom. The van der Waals surface area contributed by atoms with Gasteiger partial charge in [-0.2, -0.15) is 0 Å². The second kappa shape index (κ2) is 5.47. The van der Waals surface area contributed by atoms with Crippen LogP contribution in [0.4, 0.5) is 14.5 Å². The molecule has 110 valence electrons. The fourth-order valence-corrected chi connectivity index (χ4v) is 1.96. The highest BCUT2D eigenvalue weighted by molar-refractivity contribution is 5.37. The van der Waals surface area contributed by atoms with Crippen molar-refractivity contribution in [2.24, 2.45) is 0 Å². The molecular weight excluding hydrogens is 280 g/mol.